The Kier molecular flexibility index (Phi) is 4.37. The van der Waals surface area contributed by atoms with Gasteiger partial charge in [-0.1, -0.05) is 21.5 Å². The van der Waals surface area contributed by atoms with Crippen molar-refractivity contribution in [2.75, 3.05) is 5.73 Å². The number of hydrogen-bond acceptors (Lipinski definition) is 2. The van der Waals surface area contributed by atoms with E-state index in [9.17, 15) is 0 Å². The second-order valence-electron chi connectivity index (χ2n) is 3.66. The van der Waals surface area contributed by atoms with Crippen LogP contribution >= 0.6 is 31.9 Å². The Hall–Kier alpha value is -0.320. The molecular formula is C11H14Br2N2. The average Bonchev–Trinajstić information content (AvgIpc) is 2.09. The van der Waals surface area contributed by atoms with E-state index < -0.39 is 0 Å². The van der Waals surface area contributed by atoms with E-state index >= 15 is 0 Å². The molecule has 1 aromatic carbocycles. The normalized spacial score (nSPS) is 12.5. The molecule has 0 unspecified atom stereocenters. The molecule has 0 bridgehead atoms. The lowest BCUT2D eigenvalue weighted by molar-refractivity contribution is 0.718. The largest absolute Gasteiger partial charge is 0.398 e. The van der Waals surface area contributed by atoms with Gasteiger partial charge in [0.05, 0.1) is 5.69 Å². The van der Waals surface area contributed by atoms with Gasteiger partial charge in [0.1, 0.15) is 0 Å². The van der Waals surface area contributed by atoms with Gasteiger partial charge in [-0.05, 0) is 47.0 Å². The van der Waals surface area contributed by atoms with E-state index in [1.165, 1.54) is 0 Å². The van der Waals surface area contributed by atoms with Crippen molar-refractivity contribution in [2.45, 2.75) is 19.4 Å². The molecule has 4 N–H and O–H groups in total. The summed E-state index contributed by atoms with van der Waals surface area (Å²) >= 11 is 6.82. The maximum atomic E-state index is 6.05. The van der Waals surface area contributed by atoms with Crippen LogP contribution in [0.3, 0.4) is 0 Å². The van der Waals surface area contributed by atoms with E-state index in [-0.39, 0.29) is 6.04 Å². The second-order valence-corrected chi connectivity index (χ2v) is 5.43. The molecule has 0 spiro atoms. The van der Waals surface area contributed by atoms with Gasteiger partial charge in [0, 0.05) is 15.0 Å². The van der Waals surface area contributed by atoms with Crippen LogP contribution < -0.4 is 11.5 Å². The van der Waals surface area contributed by atoms with Crippen molar-refractivity contribution in [2.24, 2.45) is 5.73 Å². The highest BCUT2D eigenvalue weighted by Gasteiger charge is 2.12. The lowest BCUT2D eigenvalue weighted by atomic mass is 10.00. The van der Waals surface area contributed by atoms with Crippen molar-refractivity contribution < 1.29 is 0 Å². The van der Waals surface area contributed by atoms with Crippen molar-refractivity contribution in [3.8, 4) is 0 Å². The minimum atomic E-state index is -0.101. The summed E-state index contributed by atoms with van der Waals surface area (Å²) in [5.41, 5.74) is 14.7. The van der Waals surface area contributed by atoms with Gasteiger partial charge in [0.2, 0.25) is 0 Å². The molecule has 0 heterocycles. The molecule has 2 nitrogen and oxygen atoms in total. The van der Waals surface area contributed by atoms with Crippen LogP contribution in [-0.2, 0) is 0 Å². The van der Waals surface area contributed by atoms with E-state index in [1.54, 1.807) is 0 Å². The lowest BCUT2D eigenvalue weighted by Gasteiger charge is -2.16. The minimum Gasteiger partial charge on any atom is -0.398 e. The third kappa shape index (κ3) is 3.33. The Morgan fingerprint density at radius 3 is 2.60 bits per heavy atom. The van der Waals surface area contributed by atoms with E-state index in [4.69, 9.17) is 11.5 Å². The first-order valence-corrected chi connectivity index (χ1v) is 6.14. The van der Waals surface area contributed by atoms with Crippen LogP contribution in [0.25, 0.3) is 0 Å². The van der Waals surface area contributed by atoms with Crippen molar-refractivity contribution in [3.05, 3.63) is 38.8 Å². The van der Waals surface area contributed by atoms with Crippen molar-refractivity contribution in [3.63, 3.8) is 0 Å². The molecule has 0 saturated heterocycles. The quantitative estimate of drug-likeness (QED) is 0.653. The third-order valence-electron chi connectivity index (χ3n) is 2.09. The van der Waals surface area contributed by atoms with Crippen LogP contribution in [0.4, 0.5) is 5.69 Å². The number of rotatable bonds is 3. The Morgan fingerprint density at radius 2 is 2.07 bits per heavy atom. The highest BCUT2D eigenvalue weighted by atomic mass is 79.9. The maximum Gasteiger partial charge on any atom is 0.0507 e. The summed E-state index contributed by atoms with van der Waals surface area (Å²) in [5.74, 6) is 0. The van der Waals surface area contributed by atoms with Gasteiger partial charge in [0.15, 0.2) is 0 Å². The highest BCUT2D eigenvalue weighted by Crippen LogP contribution is 2.32. The number of nitrogens with two attached hydrogens (primary N) is 2. The minimum absolute atomic E-state index is 0.101. The maximum absolute atomic E-state index is 6.05. The average molecular weight is 334 g/mol. The molecule has 4 heteroatoms. The summed E-state index contributed by atoms with van der Waals surface area (Å²) in [6.07, 6.45) is 0.743. The molecule has 1 atom stereocenters. The molecule has 0 aromatic heterocycles. The SMILES string of the molecule is C=C(C)C[C@H](N)c1cc(Br)cc(Br)c1N. The molecule has 0 aliphatic carbocycles. The zero-order valence-electron chi connectivity index (χ0n) is 8.56. The first-order chi connectivity index (χ1) is 6.91. The highest BCUT2D eigenvalue weighted by molar-refractivity contribution is 9.11. The first kappa shape index (κ1) is 12.7. The molecule has 0 amide bonds. The summed E-state index contributed by atoms with van der Waals surface area (Å²) in [4.78, 5) is 0. The van der Waals surface area contributed by atoms with Gasteiger partial charge in [-0.25, -0.2) is 0 Å². The van der Waals surface area contributed by atoms with Gasteiger partial charge >= 0.3 is 0 Å². The molecular weight excluding hydrogens is 320 g/mol. The summed E-state index contributed by atoms with van der Waals surface area (Å²) in [6.45, 7) is 5.81. The number of halogens is 2. The predicted molar refractivity (Wildman–Crippen MR) is 72.6 cm³/mol. The fourth-order valence-corrected chi connectivity index (χ4v) is 2.66. The van der Waals surface area contributed by atoms with Crippen LogP contribution in [0.15, 0.2) is 33.2 Å². The fourth-order valence-electron chi connectivity index (χ4n) is 1.40. The second kappa shape index (κ2) is 5.14. The number of nitrogen functional groups attached to an aromatic ring is 1. The number of anilines is 1. The van der Waals surface area contributed by atoms with Crippen LogP contribution in [0, 0.1) is 0 Å². The standard InChI is InChI=1S/C11H14Br2N2/c1-6(2)3-10(14)8-4-7(12)5-9(13)11(8)15/h4-5,10H,1,3,14-15H2,2H3/t10-/m0/s1. The van der Waals surface area contributed by atoms with Crippen LogP contribution in [0.1, 0.15) is 24.9 Å². The predicted octanol–water partition coefficient (Wildman–Crippen LogP) is 3.76. The zero-order chi connectivity index (χ0) is 11.6. The summed E-state index contributed by atoms with van der Waals surface area (Å²) in [5, 5.41) is 0. The van der Waals surface area contributed by atoms with Crippen LogP contribution in [0.5, 0.6) is 0 Å². The van der Waals surface area contributed by atoms with Gasteiger partial charge in [-0.3, -0.25) is 0 Å². The molecule has 0 aliphatic heterocycles. The van der Waals surface area contributed by atoms with Gasteiger partial charge in [-0.2, -0.15) is 0 Å². The third-order valence-corrected chi connectivity index (χ3v) is 3.21. The van der Waals surface area contributed by atoms with Crippen molar-refractivity contribution in [1.82, 2.24) is 0 Å². The van der Waals surface area contributed by atoms with Crippen LogP contribution in [-0.4, -0.2) is 0 Å². The van der Waals surface area contributed by atoms with E-state index in [2.05, 4.69) is 38.4 Å². The fraction of sp³-hybridized carbons (Fsp3) is 0.273. The molecule has 1 aromatic rings. The summed E-state index contributed by atoms with van der Waals surface area (Å²) in [6, 6.07) is 3.76. The van der Waals surface area contributed by atoms with Gasteiger partial charge < -0.3 is 11.5 Å². The molecule has 0 fully saturated rings. The smallest absolute Gasteiger partial charge is 0.0507 e. The Bertz CT molecular complexity index is 388. The molecule has 0 saturated carbocycles. The summed E-state index contributed by atoms with van der Waals surface area (Å²) < 4.78 is 1.83. The molecule has 1 rings (SSSR count). The lowest BCUT2D eigenvalue weighted by Crippen LogP contribution is -2.13. The topological polar surface area (TPSA) is 52.0 Å². The van der Waals surface area contributed by atoms with E-state index in [0.29, 0.717) is 5.69 Å². The van der Waals surface area contributed by atoms with Crippen LogP contribution in [0.2, 0.25) is 0 Å². The Balaban J connectivity index is 3.07. The Labute approximate surface area is 107 Å². The molecule has 15 heavy (non-hydrogen) atoms. The van der Waals surface area contributed by atoms with Gasteiger partial charge in [0.25, 0.3) is 0 Å². The van der Waals surface area contributed by atoms with Gasteiger partial charge in [-0.15, -0.1) is 6.58 Å². The molecule has 82 valence electrons. The first-order valence-electron chi connectivity index (χ1n) is 4.56. The van der Waals surface area contributed by atoms with Crippen molar-refractivity contribution in [1.29, 1.82) is 0 Å². The molecule has 0 radical (unpaired) electrons. The number of hydrogen-bond donors (Lipinski definition) is 2. The number of benzene rings is 1. The monoisotopic (exact) mass is 332 g/mol. The van der Waals surface area contributed by atoms with E-state index in [0.717, 1.165) is 26.5 Å². The Morgan fingerprint density at radius 1 is 1.47 bits per heavy atom. The van der Waals surface area contributed by atoms with Crippen molar-refractivity contribution >= 4 is 37.5 Å². The van der Waals surface area contributed by atoms with E-state index in [1.807, 2.05) is 19.1 Å². The molecule has 0 aliphatic rings. The summed E-state index contributed by atoms with van der Waals surface area (Å²) in [7, 11) is 0. The zero-order valence-corrected chi connectivity index (χ0v) is 11.7.